The number of rotatable bonds is 4. The van der Waals surface area contributed by atoms with Crippen molar-refractivity contribution in [2.24, 2.45) is 5.41 Å². The molecule has 4 heteroatoms. The number of hydrogen-bond donors (Lipinski definition) is 2. The normalized spacial score (nSPS) is 29.1. The Balaban J connectivity index is 1.78. The van der Waals surface area contributed by atoms with Gasteiger partial charge in [-0.3, -0.25) is 4.79 Å². The first-order valence-electron chi connectivity index (χ1n) is 7.22. The third kappa shape index (κ3) is 3.04. The zero-order chi connectivity index (χ0) is 13.2. The van der Waals surface area contributed by atoms with Gasteiger partial charge in [0.25, 0.3) is 0 Å². The fourth-order valence-electron chi connectivity index (χ4n) is 3.23. The van der Waals surface area contributed by atoms with Gasteiger partial charge in [0.1, 0.15) is 0 Å². The second-order valence-corrected chi connectivity index (χ2v) is 6.40. The van der Waals surface area contributed by atoms with Crippen molar-refractivity contribution in [2.75, 3.05) is 26.7 Å². The molecule has 0 aromatic carbocycles. The number of nitrogens with one attached hydrogen (secondary N) is 2. The summed E-state index contributed by atoms with van der Waals surface area (Å²) in [6.45, 7) is 7.29. The number of fused-ring (bicyclic) bond motifs is 1. The lowest BCUT2D eigenvalue weighted by atomic mass is 9.90. The smallest absolute Gasteiger partial charge is 0.226 e. The fourth-order valence-corrected chi connectivity index (χ4v) is 3.23. The van der Waals surface area contributed by atoms with Crippen molar-refractivity contribution >= 4 is 5.91 Å². The molecule has 2 unspecified atom stereocenters. The van der Waals surface area contributed by atoms with Gasteiger partial charge in [0.05, 0.1) is 5.41 Å². The molecular weight excluding hydrogens is 226 g/mol. The van der Waals surface area contributed by atoms with E-state index in [1.54, 1.807) is 7.05 Å². The van der Waals surface area contributed by atoms with Crippen molar-refractivity contribution < 1.29 is 4.79 Å². The van der Waals surface area contributed by atoms with E-state index < -0.39 is 0 Å². The number of carbonyl (C=O) groups excluding carboxylic acids is 1. The van der Waals surface area contributed by atoms with Crippen LogP contribution in [-0.2, 0) is 4.79 Å². The summed E-state index contributed by atoms with van der Waals surface area (Å²) in [6.07, 6.45) is 5.20. The second-order valence-electron chi connectivity index (χ2n) is 6.40. The minimum atomic E-state index is -0.318. The first-order chi connectivity index (χ1) is 8.53. The standard InChI is InChI=1S/C14H27N3O/c1-14(2,13(18)15-3)10-16-11-6-8-17-7-4-5-12(17)9-11/h11-12,16H,4-10H2,1-3H3,(H,15,18). The van der Waals surface area contributed by atoms with Crippen LogP contribution < -0.4 is 10.6 Å². The fraction of sp³-hybridized carbons (Fsp3) is 0.929. The Morgan fingerprint density at radius 1 is 1.33 bits per heavy atom. The Morgan fingerprint density at radius 2 is 2.11 bits per heavy atom. The Bertz CT molecular complexity index is 303. The van der Waals surface area contributed by atoms with E-state index in [1.165, 1.54) is 38.8 Å². The van der Waals surface area contributed by atoms with E-state index in [2.05, 4.69) is 15.5 Å². The van der Waals surface area contributed by atoms with Crippen LogP contribution in [0.3, 0.4) is 0 Å². The topological polar surface area (TPSA) is 44.4 Å². The lowest BCUT2D eigenvalue weighted by Gasteiger charge is -2.36. The second kappa shape index (κ2) is 5.57. The number of carbonyl (C=O) groups is 1. The first kappa shape index (κ1) is 13.8. The van der Waals surface area contributed by atoms with Crippen LogP contribution in [0.5, 0.6) is 0 Å². The van der Waals surface area contributed by atoms with Gasteiger partial charge in [-0.05, 0) is 52.6 Å². The van der Waals surface area contributed by atoms with Crippen LogP contribution in [-0.4, -0.2) is 49.6 Å². The highest BCUT2D eigenvalue weighted by atomic mass is 16.2. The maximum atomic E-state index is 11.7. The molecule has 0 saturated carbocycles. The summed E-state index contributed by atoms with van der Waals surface area (Å²) in [5.41, 5.74) is -0.318. The lowest BCUT2D eigenvalue weighted by Crippen LogP contribution is -2.50. The molecule has 18 heavy (non-hydrogen) atoms. The number of nitrogens with zero attached hydrogens (tertiary/aromatic N) is 1. The number of hydrogen-bond acceptors (Lipinski definition) is 3. The molecule has 0 aliphatic carbocycles. The highest BCUT2D eigenvalue weighted by molar-refractivity contribution is 5.81. The van der Waals surface area contributed by atoms with Gasteiger partial charge >= 0.3 is 0 Å². The van der Waals surface area contributed by atoms with Gasteiger partial charge in [-0.1, -0.05) is 0 Å². The summed E-state index contributed by atoms with van der Waals surface area (Å²) < 4.78 is 0. The van der Waals surface area contributed by atoms with Crippen molar-refractivity contribution in [1.82, 2.24) is 15.5 Å². The molecule has 0 spiro atoms. The van der Waals surface area contributed by atoms with Gasteiger partial charge < -0.3 is 15.5 Å². The van der Waals surface area contributed by atoms with Crippen molar-refractivity contribution in [3.05, 3.63) is 0 Å². The minimum absolute atomic E-state index is 0.119. The third-order valence-electron chi connectivity index (χ3n) is 4.49. The molecular formula is C14H27N3O. The molecule has 2 aliphatic heterocycles. The summed E-state index contributed by atoms with van der Waals surface area (Å²) >= 11 is 0. The molecule has 104 valence electrons. The quantitative estimate of drug-likeness (QED) is 0.785. The Labute approximate surface area is 110 Å². The SMILES string of the molecule is CNC(=O)C(C)(C)CNC1CCN2CCCC2C1. The molecule has 1 amide bonds. The van der Waals surface area contributed by atoms with Crippen molar-refractivity contribution in [2.45, 2.75) is 51.6 Å². The maximum Gasteiger partial charge on any atom is 0.226 e. The van der Waals surface area contributed by atoms with E-state index in [-0.39, 0.29) is 11.3 Å². The van der Waals surface area contributed by atoms with Crippen LogP contribution in [0.2, 0.25) is 0 Å². The average molecular weight is 253 g/mol. The van der Waals surface area contributed by atoms with Crippen molar-refractivity contribution in [3.63, 3.8) is 0 Å². The molecule has 2 atom stereocenters. The van der Waals surface area contributed by atoms with Crippen LogP contribution in [0.25, 0.3) is 0 Å². The predicted molar refractivity (Wildman–Crippen MR) is 73.5 cm³/mol. The highest BCUT2D eigenvalue weighted by Crippen LogP contribution is 2.27. The van der Waals surface area contributed by atoms with Gasteiger partial charge in [0.2, 0.25) is 5.91 Å². The minimum Gasteiger partial charge on any atom is -0.359 e. The summed E-state index contributed by atoms with van der Waals surface area (Å²) in [5, 5.41) is 6.35. The molecule has 2 heterocycles. The zero-order valence-electron chi connectivity index (χ0n) is 12.0. The van der Waals surface area contributed by atoms with Crippen LogP contribution in [0.4, 0.5) is 0 Å². The molecule has 2 rings (SSSR count). The average Bonchev–Trinajstić information content (AvgIpc) is 2.82. The van der Waals surface area contributed by atoms with Crippen LogP contribution in [0.15, 0.2) is 0 Å². The molecule has 0 aromatic heterocycles. The monoisotopic (exact) mass is 253 g/mol. The molecule has 0 bridgehead atoms. The Hall–Kier alpha value is -0.610. The van der Waals surface area contributed by atoms with Crippen LogP contribution >= 0.6 is 0 Å². The van der Waals surface area contributed by atoms with Gasteiger partial charge in [0.15, 0.2) is 0 Å². The molecule has 4 nitrogen and oxygen atoms in total. The number of piperidine rings is 1. The maximum absolute atomic E-state index is 11.7. The van der Waals surface area contributed by atoms with E-state index in [4.69, 9.17) is 0 Å². The van der Waals surface area contributed by atoms with Crippen molar-refractivity contribution in [3.8, 4) is 0 Å². The van der Waals surface area contributed by atoms with Gasteiger partial charge in [0, 0.05) is 25.7 Å². The molecule has 2 N–H and O–H groups in total. The van der Waals surface area contributed by atoms with Crippen LogP contribution in [0, 0.1) is 5.41 Å². The van der Waals surface area contributed by atoms with Crippen LogP contribution in [0.1, 0.15) is 39.5 Å². The van der Waals surface area contributed by atoms with Gasteiger partial charge in [-0.2, -0.15) is 0 Å². The zero-order valence-corrected chi connectivity index (χ0v) is 12.0. The van der Waals surface area contributed by atoms with E-state index in [0.29, 0.717) is 6.04 Å². The molecule has 2 aliphatic rings. The predicted octanol–water partition coefficient (Wildman–Crippen LogP) is 0.975. The Morgan fingerprint density at radius 3 is 2.83 bits per heavy atom. The lowest BCUT2D eigenvalue weighted by molar-refractivity contribution is -0.128. The largest absolute Gasteiger partial charge is 0.359 e. The molecule has 0 aromatic rings. The summed E-state index contributed by atoms with van der Waals surface area (Å²) in [7, 11) is 1.71. The third-order valence-corrected chi connectivity index (χ3v) is 4.49. The summed E-state index contributed by atoms with van der Waals surface area (Å²) in [6, 6.07) is 1.38. The summed E-state index contributed by atoms with van der Waals surface area (Å²) in [5.74, 6) is 0.119. The van der Waals surface area contributed by atoms with Gasteiger partial charge in [-0.15, -0.1) is 0 Å². The molecule has 2 fully saturated rings. The van der Waals surface area contributed by atoms with E-state index >= 15 is 0 Å². The highest BCUT2D eigenvalue weighted by Gasteiger charge is 2.33. The first-order valence-corrected chi connectivity index (χ1v) is 7.22. The van der Waals surface area contributed by atoms with E-state index in [9.17, 15) is 4.79 Å². The molecule has 0 radical (unpaired) electrons. The van der Waals surface area contributed by atoms with Crippen molar-refractivity contribution in [1.29, 1.82) is 0 Å². The number of amides is 1. The van der Waals surface area contributed by atoms with Gasteiger partial charge in [-0.25, -0.2) is 0 Å². The summed E-state index contributed by atoms with van der Waals surface area (Å²) in [4.78, 5) is 14.4. The van der Waals surface area contributed by atoms with E-state index in [0.717, 1.165) is 12.6 Å². The molecule has 2 saturated heterocycles. The Kier molecular flexibility index (Phi) is 4.28. The van der Waals surface area contributed by atoms with E-state index in [1.807, 2.05) is 13.8 Å².